The number of phenols is 2. The Balaban J connectivity index is 2.16. The summed E-state index contributed by atoms with van der Waals surface area (Å²) < 4.78 is 0.966. The second-order valence-electron chi connectivity index (χ2n) is 4.12. The fourth-order valence-electron chi connectivity index (χ4n) is 1.69. The van der Waals surface area contributed by atoms with Gasteiger partial charge in [-0.1, -0.05) is 18.2 Å². The summed E-state index contributed by atoms with van der Waals surface area (Å²) in [5, 5.41) is 22.3. The zero-order chi connectivity index (χ0) is 13.1. The maximum absolute atomic E-state index is 9.70. The molecule has 0 amide bonds. The number of nitrogens with one attached hydrogen (secondary N) is 1. The van der Waals surface area contributed by atoms with E-state index < -0.39 is 0 Å². The number of aryl methyl sites for hydroxylation is 1. The summed E-state index contributed by atoms with van der Waals surface area (Å²) in [7, 11) is 0. The number of para-hydroxylation sites is 1. The van der Waals surface area contributed by atoms with Crippen molar-refractivity contribution in [3.63, 3.8) is 0 Å². The highest BCUT2D eigenvalue weighted by atomic mass is 79.9. The number of hydrogen-bond donors (Lipinski definition) is 3. The molecular formula is C14H14BrNO2. The van der Waals surface area contributed by atoms with Crippen LogP contribution in [0.2, 0.25) is 0 Å². The minimum Gasteiger partial charge on any atom is -0.504 e. The lowest BCUT2D eigenvalue weighted by Gasteiger charge is -2.11. The Kier molecular flexibility index (Phi) is 3.77. The van der Waals surface area contributed by atoms with E-state index in [2.05, 4.69) is 21.2 Å². The minimum atomic E-state index is -0.0994. The molecule has 94 valence electrons. The Morgan fingerprint density at radius 1 is 1.17 bits per heavy atom. The number of benzene rings is 2. The third-order valence-electron chi connectivity index (χ3n) is 2.69. The van der Waals surface area contributed by atoms with Gasteiger partial charge in [-0.25, -0.2) is 0 Å². The molecule has 0 saturated carbocycles. The molecule has 0 bridgehead atoms. The zero-order valence-corrected chi connectivity index (χ0v) is 11.5. The van der Waals surface area contributed by atoms with Crippen molar-refractivity contribution in [2.75, 3.05) is 5.32 Å². The number of phenolic OH excluding ortho intramolecular Hbond substituents is 2. The van der Waals surface area contributed by atoms with Crippen molar-refractivity contribution in [1.82, 2.24) is 0 Å². The van der Waals surface area contributed by atoms with Crippen LogP contribution in [0.5, 0.6) is 11.5 Å². The van der Waals surface area contributed by atoms with Gasteiger partial charge < -0.3 is 15.5 Å². The van der Waals surface area contributed by atoms with Gasteiger partial charge in [0.05, 0.1) is 0 Å². The van der Waals surface area contributed by atoms with Gasteiger partial charge in [-0.05, 0) is 46.6 Å². The molecule has 2 aromatic rings. The largest absolute Gasteiger partial charge is 0.504 e. The fourth-order valence-corrected chi connectivity index (χ4v) is 2.07. The fraction of sp³-hybridized carbons (Fsp3) is 0.143. The predicted molar refractivity (Wildman–Crippen MR) is 76.0 cm³/mol. The summed E-state index contributed by atoms with van der Waals surface area (Å²) in [6.07, 6.45) is 0. The van der Waals surface area contributed by atoms with Gasteiger partial charge in [-0.3, -0.25) is 0 Å². The molecular weight excluding hydrogens is 294 g/mol. The summed E-state index contributed by atoms with van der Waals surface area (Å²) in [6, 6.07) is 10.9. The average molecular weight is 308 g/mol. The summed E-state index contributed by atoms with van der Waals surface area (Å²) >= 11 is 3.46. The van der Waals surface area contributed by atoms with Crippen molar-refractivity contribution >= 4 is 21.6 Å². The summed E-state index contributed by atoms with van der Waals surface area (Å²) in [5.41, 5.74) is 2.77. The molecule has 0 heterocycles. The van der Waals surface area contributed by atoms with E-state index in [1.165, 1.54) is 6.07 Å². The molecule has 3 nitrogen and oxygen atoms in total. The first kappa shape index (κ1) is 12.8. The summed E-state index contributed by atoms with van der Waals surface area (Å²) in [4.78, 5) is 0. The van der Waals surface area contributed by atoms with E-state index in [1.807, 2.05) is 25.1 Å². The molecule has 0 radical (unpaired) electrons. The van der Waals surface area contributed by atoms with Crippen molar-refractivity contribution in [2.45, 2.75) is 13.5 Å². The highest BCUT2D eigenvalue weighted by molar-refractivity contribution is 9.10. The zero-order valence-electron chi connectivity index (χ0n) is 9.94. The van der Waals surface area contributed by atoms with E-state index in [1.54, 1.807) is 12.1 Å². The van der Waals surface area contributed by atoms with E-state index in [9.17, 15) is 10.2 Å². The van der Waals surface area contributed by atoms with E-state index in [0.717, 1.165) is 15.7 Å². The molecule has 0 aliphatic rings. The van der Waals surface area contributed by atoms with Crippen LogP contribution >= 0.6 is 15.9 Å². The first-order chi connectivity index (χ1) is 8.58. The van der Waals surface area contributed by atoms with Crippen LogP contribution in [0.3, 0.4) is 0 Å². The Morgan fingerprint density at radius 2 is 1.94 bits per heavy atom. The Labute approximate surface area is 114 Å². The van der Waals surface area contributed by atoms with E-state index in [4.69, 9.17) is 0 Å². The van der Waals surface area contributed by atoms with Crippen molar-refractivity contribution in [1.29, 1.82) is 0 Å². The molecule has 18 heavy (non-hydrogen) atoms. The van der Waals surface area contributed by atoms with Gasteiger partial charge >= 0.3 is 0 Å². The Hall–Kier alpha value is -1.68. The summed E-state index contributed by atoms with van der Waals surface area (Å²) in [6.45, 7) is 2.46. The standard InChI is InChI=1S/C14H14BrNO2/c1-9-5-6-11(15)12(7-9)16-8-10-3-2-4-13(17)14(10)18/h2-7,16-18H,8H2,1H3. The van der Waals surface area contributed by atoms with Crippen LogP contribution in [0, 0.1) is 6.92 Å². The molecule has 0 unspecified atom stereocenters. The van der Waals surface area contributed by atoms with Gasteiger partial charge in [-0.2, -0.15) is 0 Å². The van der Waals surface area contributed by atoms with Crippen molar-refractivity contribution in [3.05, 3.63) is 52.0 Å². The molecule has 4 heteroatoms. The van der Waals surface area contributed by atoms with Gasteiger partial charge in [0.15, 0.2) is 11.5 Å². The van der Waals surface area contributed by atoms with Crippen LogP contribution in [0.25, 0.3) is 0 Å². The molecule has 0 aliphatic carbocycles. The lowest BCUT2D eigenvalue weighted by molar-refractivity contribution is 0.400. The second kappa shape index (κ2) is 5.31. The maximum Gasteiger partial charge on any atom is 0.162 e. The predicted octanol–water partition coefficient (Wildman–Crippen LogP) is 3.78. The SMILES string of the molecule is Cc1ccc(Br)c(NCc2cccc(O)c2O)c1. The van der Waals surface area contributed by atoms with Gasteiger partial charge in [-0.15, -0.1) is 0 Å². The first-order valence-electron chi connectivity index (χ1n) is 5.58. The van der Waals surface area contributed by atoms with Crippen LogP contribution in [-0.4, -0.2) is 10.2 Å². The van der Waals surface area contributed by atoms with E-state index in [0.29, 0.717) is 12.1 Å². The normalized spacial score (nSPS) is 10.3. The van der Waals surface area contributed by atoms with Crippen molar-refractivity contribution < 1.29 is 10.2 Å². The number of halogens is 1. The van der Waals surface area contributed by atoms with Crippen molar-refractivity contribution in [2.24, 2.45) is 0 Å². The molecule has 2 aromatic carbocycles. The number of anilines is 1. The first-order valence-corrected chi connectivity index (χ1v) is 6.37. The topological polar surface area (TPSA) is 52.5 Å². The lowest BCUT2D eigenvalue weighted by Crippen LogP contribution is -2.00. The van der Waals surface area contributed by atoms with Crippen molar-refractivity contribution in [3.8, 4) is 11.5 Å². The second-order valence-corrected chi connectivity index (χ2v) is 4.98. The molecule has 0 aliphatic heterocycles. The van der Waals surface area contributed by atoms with Crippen LogP contribution < -0.4 is 5.32 Å². The van der Waals surface area contributed by atoms with Crippen LogP contribution in [0.4, 0.5) is 5.69 Å². The quantitative estimate of drug-likeness (QED) is 0.756. The highest BCUT2D eigenvalue weighted by Crippen LogP contribution is 2.30. The van der Waals surface area contributed by atoms with Gasteiger partial charge in [0.1, 0.15) is 0 Å². The van der Waals surface area contributed by atoms with Crippen LogP contribution in [0.15, 0.2) is 40.9 Å². The average Bonchev–Trinajstić information content (AvgIpc) is 2.35. The maximum atomic E-state index is 9.70. The number of aromatic hydroxyl groups is 2. The molecule has 0 fully saturated rings. The van der Waals surface area contributed by atoms with Crippen LogP contribution in [-0.2, 0) is 6.54 Å². The molecule has 0 aromatic heterocycles. The molecule has 3 N–H and O–H groups in total. The highest BCUT2D eigenvalue weighted by Gasteiger charge is 2.06. The van der Waals surface area contributed by atoms with Gasteiger partial charge in [0, 0.05) is 22.3 Å². The van der Waals surface area contributed by atoms with Crippen LogP contribution in [0.1, 0.15) is 11.1 Å². The monoisotopic (exact) mass is 307 g/mol. The van der Waals surface area contributed by atoms with E-state index >= 15 is 0 Å². The molecule has 0 saturated heterocycles. The minimum absolute atomic E-state index is 0.0752. The van der Waals surface area contributed by atoms with Gasteiger partial charge in [0.25, 0.3) is 0 Å². The Morgan fingerprint density at radius 3 is 2.72 bits per heavy atom. The van der Waals surface area contributed by atoms with E-state index in [-0.39, 0.29) is 11.5 Å². The Bertz CT molecular complexity index is 568. The number of rotatable bonds is 3. The third kappa shape index (κ3) is 2.76. The third-order valence-corrected chi connectivity index (χ3v) is 3.38. The lowest BCUT2D eigenvalue weighted by atomic mass is 10.1. The molecule has 0 atom stereocenters. The summed E-state index contributed by atoms with van der Waals surface area (Å²) in [5.74, 6) is -0.175. The smallest absolute Gasteiger partial charge is 0.162 e. The molecule has 2 rings (SSSR count). The van der Waals surface area contributed by atoms with Gasteiger partial charge in [0.2, 0.25) is 0 Å². The molecule has 0 spiro atoms. The number of hydrogen-bond acceptors (Lipinski definition) is 3.